The Labute approximate surface area is 119 Å². The van der Waals surface area contributed by atoms with E-state index in [-0.39, 0.29) is 17.9 Å². The molecule has 1 saturated heterocycles. The van der Waals surface area contributed by atoms with Crippen LogP contribution in [-0.4, -0.2) is 50.2 Å². The Morgan fingerprint density at radius 2 is 2.30 bits per heavy atom. The number of amides is 1. The maximum atomic E-state index is 11.9. The van der Waals surface area contributed by atoms with Crippen molar-refractivity contribution in [2.75, 3.05) is 33.4 Å². The molecule has 0 aliphatic carbocycles. The number of morpholine rings is 1. The molecule has 2 rings (SSSR count). The average molecular weight is 273 g/mol. The van der Waals surface area contributed by atoms with Gasteiger partial charge < -0.3 is 10.1 Å². The Kier molecular flexibility index (Phi) is 5.10. The first-order chi connectivity index (χ1) is 9.76. The number of ether oxygens (including phenoxy) is 1. The SMILES string of the molecule is CNC(=O)C1COCCN1CC(C#N)c1ccccc1. The number of nitrogens with one attached hydrogen (secondary N) is 1. The van der Waals surface area contributed by atoms with Gasteiger partial charge in [-0.3, -0.25) is 9.69 Å². The monoisotopic (exact) mass is 273 g/mol. The van der Waals surface area contributed by atoms with Gasteiger partial charge in [-0.25, -0.2) is 0 Å². The number of nitrogens with zero attached hydrogens (tertiary/aromatic N) is 2. The molecule has 1 fully saturated rings. The van der Waals surface area contributed by atoms with Gasteiger partial charge in [-0.1, -0.05) is 30.3 Å². The number of benzene rings is 1. The summed E-state index contributed by atoms with van der Waals surface area (Å²) in [5, 5.41) is 12.0. The highest BCUT2D eigenvalue weighted by atomic mass is 16.5. The van der Waals surface area contributed by atoms with Crippen LogP contribution in [0.15, 0.2) is 30.3 Å². The van der Waals surface area contributed by atoms with Gasteiger partial charge in [0.25, 0.3) is 0 Å². The lowest BCUT2D eigenvalue weighted by atomic mass is 9.99. The van der Waals surface area contributed by atoms with Gasteiger partial charge in [0.1, 0.15) is 6.04 Å². The number of likely N-dealkylation sites (N-methyl/N-ethyl adjacent to an activating group) is 1. The van der Waals surface area contributed by atoms with Gasteiger partial charge in [-0.05, 0) is 5.56 Å². The summed E-state index contributed by atoms with van der Waals surface area (Å²) in [6.07, 6.45) is 0. The van der Waals surface area contributed by atoms with E-state index in [9.17, 15) is 10.1 Å². The fourth-order valence-electron chi connectivity index (χ4n) is 2.41. The largest absolute Gasteiger partial charge is 0.378 e. The molecule has 1 heterocycles. The third-order valence-corrected chi connectivity index (χ3v) is 3.56. The smallest absolute Gasteiger partial charge is 0.239 e. The molecule has 2 unspecified atom stereocenters. The van der Waals surface area contributed by atoms with E-state index in [0.717, 1.165) is 5.56 Å². The van der Waals surface area contributed by atoms with Crippen LogP contribution in [-0.2, 0) is 9.53 Å². The van der Waals surface area contributed by atoms with Crippen LogP contribution in [0.5, 0.6) is 0 Å². The maximum absolute atomic E-state index is 11.9. The highest BCUT2D eigenvalue weighted by Crippen LogP contribution is 2.19. The van der Waals surface area contributed by atoms with E-state index >= 15 is 0 Å². The minimum absolute atomic E-state index is 0.0607. The molecule has 0 saturated carbocycles. The molecule has 1 aliphatic heterocycles. The summed E-state index contributed by atoms with van der Waals surface area (Å²) in [7, 11) is 1.62. The van der Waals surface area contributed by atoms with E-state index in [1.807, 2.05) is 35.2 Å². The molecule has 1 N–H and O–H groups in total. The normalized spacial score (nSPS) is 20.9. The summed E-state index contributed by atoms with van der Waals surface area (Å²) in [5.74, 6) is -0.295. The second kappa shape index (κ2) is 7.04. The van der Waals surface area contributed by atoms with Crippen LogP contribution in [0.1, 0.15) is 11.5 Å². The fourth-order valence-corrected chi connectivity index (χ4v) is 2.41. The highest BCUT2D eigenvalue weighted by Gasteiger charge is 2.30. The van der Waals surface area contributed by atoms with Gasteiger partial charge in [0.05, 0.1) is 25.2 Å². The molecule has 1 aliphatic rings. The molecule has 5 nitrogen and oxygen atoms in total. The zero-order valence-electron chi connectivity index (χ0n) is 11.6. The minimum Gasteiger partial charge on any atom is -0.378 e. The van der Waals surface area contributed by atoms with Gasteiger partial charge >= 0.3 is 0 Å². The molecule has 1 aromatic carbocycles. The van der Waals surface area contributed by atoms with Crippen LogP contribution < -0.4 is 5.32 Å². The summed E-state index contributed by atoms with van der Waals surface area (Å²) >= 11 is 0. The summed E-state index contributed by atoms with van der Waals surface area (Å²) < 4.78 is 5.37. The van der Waals surface area contributed by atoms with E-state index in [1.165, 1.54) is 0 Å². The Bertz CT molecular complexity index is 484. The van der Waals surface area contributed by atoms with E-state index in [1.54, 1.807) is 7.05 Å². The van der Waals surface area contributed by atoms with Crippen molar-refractivity contribution in [3.63, 3.8) is 0 Å². The predicted molar refractivity (Wildman–Crippen MR) is 75.0 cm³/mol. The van der Waals surface area contributed by atoms with Crippen molar-refractivity contribution >= 4 is 5.91 Å². The Hall–Kier alpha value is -1.90. The van der Waals surface area contributed by atoms with E-state index in [2.05, 4.69) is 11.4 Å². The van der Waals surface area contributed by atoms with Crippen molar-refractivity contribution in [1.29, 1.82) is 5.26 Å². The van der Waals surface area contributed by atoms with Crippen molar-refractivity contribution in [3.05, 3.63) is 35.9 Å². The topological polar surface area (TPSA) is 65.4 Å². The molecule has 0 bridgehead atoms. The van der Waals surface area contributed by atoms with E-state index in [0.29, 0.717) is 26.3 Å². The quantitative estimate of drug-likeness (QED) is 0.879. The maximum Gasteiger partial charge on any atom is 0.239 e. The second-order valence-corrected chi connectivity index (χ2v) is 4.79. The fraction of sp³-hybridized carbons (Fsp3) is 0.467. The lowest BCUT2D eigenvalue weighted by Crippen LogP contribution is -2.54. The molecule has 106 valence electrons. The van der Waals surface area contributed by atoms with Crippen LogP contribution in [0.2, 0.25) is 0 Å². The summed E-state index contributed by atoms with van der Waals surface area (Å²) in [4.78, 5) is 13.9. The first-order valence-corrected chi connectivity index (χ1v) is 6.74. The van der Waals surface area contributed by atoms with Crippen LogP contribution in [0.25, 0.3) is 0 Å². The molecule has 1 amide bonds. The number of hydrogen-bond donors (Lipinski definition) is 1. The lowest BCUT2D eigenvalue weighted by molar-refractivity contribution is -0.132. The molecular weight excluding hydrogens is 254 g/mol. The molecule has 5 heteroatoms. The molecule has 0 radical (unpaired) electrons. The third kappa shape index (κ3) is 3.35. The van der Waals surface area contributed by atoms with Gasteiger partial charge in [0, 0.05) is 20.1 Å². The second-order valence-electron chi connectivity index (χ2n) is 4.79. The van der Waals surface area contributed by atoms with Crippen molar-refractivity contribution < 1.29 is 9.53 Å². The van der Waals surface area contributed by atoms with Crippen LogP contribution in [0.4, 0.5) is 0 Å². The predicted octanol–water partition coefficient (Wildman–Crippen LogP) is 0.741. The van der Waals surface area contributed by atoms with Crippen molar-refractivity contribution in [1.82, 2.24) is 10.2 Å². The van der Waals surface area contributed by atoms with E-state index < -0.39 is 0 Å². The van der Waals surface area contributed by atoms with Crippen molar-refractivity contribution in [2.24, 2.45) is 0 Å². The number of hydrogen-bond acceptors (Lipinski definition) is 4. The number of carbonyl (C=O) groups excluding carboxylic acids is 1. The lowest BCUT2D eigenvalue weighted by Gasteiger charge is -2.35. The zero-order chi connectivity index (χ0) is 14.4. The van der Waals surface area contributed by atoms with Crippen LogP contribution in [0.3, 0.4) is 0 Å². The Morgan fingerprint density at radius 3 is 2.95 bits per heavy atom. The first-order valence-electron chi connectivity index (χ1n) is 6.74. The number of rotatable bonds is 4. The van der Waals surface area contributed by atoms with Gasteiger partial charge in [-0.2, -0.15) is 5.26 Å². The number of nitriles is 1. The molecular formula is C15H19N3O2. The van der Waals surface area contributed by atoms with Crippen LogP contribution >= 0.6 is 0 Å². The number of carbonyl (C=O) groups is 1. The van der Waals surface area contributed by atoms with Crippen LogP contribution in [0, 0.1) is 11.3 Å². The molecule has 0 spiro atoms. The van der Waals surface area contributed by atoms with Crippen molar-refractivity contribution in [3.8, 4) is 6.07 Å². The molecule has 2 atom stereocenters. The Balaban J connectivity index is 2.09. The average Bonchev–Trinajstić information content (AvgIpc) is 2.53. The molecule has 1 aromatic rings. The third-order valence-electron chi connectivity index (χ3n) is 3.56. The molecule has 20 heavy (non-hydrogen) atoms. The van der Waals surface area contributed by atoms with Gasteiger partial charge in [-0.15, -0.1) is 0 Å². The minimum atomic E-state index is -0.312. The zero-order valence-corrected chi connectivity index (χ0v) is 11.6. The van der Waals surface area contributed by atoms with Gasteiger partial charge in [0.15, 0.2) is 0 Å². The summed E-state index contributed by atoms with van der Waals surface area (Å²) in [6.45, 7) is 2.19. The van der Waals surface area contributed by atoms with E-state index in [4.69, 9.17) is 4.74 Å². The summed E-state index contributed by atoms with van der Waals surface area (Å²) in [6, 6.07) is 11.7. The first kappa shape index (κ1) is 14.5. The van der Waals surface area contributed by atoms with Crippen molar-refractivity contribution in [2.45, 2.75) is 12.0 Å². The standard InChI is InChI=1S/C15H19N3O2/c1-17-15(19)14-11-20-8-7-18(14)10-13(9-16)12-5-3-2-4-6-12/h2-6,13-14H,7-8,10-11H2,1H3,(H,17,19). The molecule has 0 aromatic heterocycles. The Morgan fingerprint density at radius 1 is 1.55 bits per heavy atom. The highest BCUT2D eigenvalue weighted by molar-refractivity contribution is 5.81. The summed E-state index contributed by atoms with van der Waals surface area (Å²) in [5.41, 5.74) is 0.983. The van der Waals surface area contributed by atoms with Gasteiger partial charge in [0.2, 0.25) is 5.91 Å².